The summed E-state index contributed by atoms with van der Waals surface area (Å²) in [7, 11) is 0. The lowest BCUT2D eigenvalue weighted by Crippen LogP contribution is -2.52. The van der Waals surface area contributed by atoms with Gasteiger partial charge in [-0.25, -0.2) is 0 Å². The van der Waals surface area contributed by atoms with Gasteiger partial charge in [-0.05, 0) is 24.6 Å². The predicted octanol–water partition coefficient (Wildman–Crippen LogP) is 3.02. The van der Waals surface area contributed by atoms with E-state index in [-0.39, 0.29) is 24.3 Å². The molecule has 3 rings (SSSR count). The number of carbonyl (C=O) groups is 2. The molecule has 0 bridgehead atoms. The Morgan fingerprint density at radius 1 is 1.19 bits per heavy atom. The van der Waals surface area contributed by atoms with Crippen LogP contribution in [-0.4, -0.2) is 42.4 Å². The molecule has 2 aromatic rings. The van der Waals surface area contributed by atoms with E-state index in [2.05, 4.69) is 10.6 Å². The number of amides is 2. The molecule has 2 amide bonds. The minimum atomic E-state index is -0.412. The zero-order valence-electron chi connectivity index (χ0n) is 15.3. The average Bonchev–Trinajstić information content (AvgIpc) is 2.68. The molecule has 1 aliphatic heterocycles. The molecular weight excluding hydrogens is 362 g/mol. The van der Waals surface area contributed by atoms with E-state index >= 15 is 0 Å². The molecule has 2 aromatic carbocycles. The van der Waals surface area contributed by atoms with E-state index in [9.17, 15) is 9.59 Å². The van der Waals surface area contributed by atoms with Crippen LogP contribution in [0, 0.1) is 0 Å². The number of piperazine rings is 1. The van der Waals surface area contributed by atoms with Gasteiger partial charge in [0.05, 0.1) is 23.0 Å². The van der Waals surface area contributed by atoms with E-state index in [1.807, 2.05) is 42.2 Å². The molecule has 2 N–H and O–H groups in total. The molecule has 5 nitrogen and oxygen atoms in total. The number of rotatable bonds is 5. The lowest BCUT2D eigenvalue weighted by atomic mass is 10.0. The van der Waals surface area contributed by atoms with Gasteiger partial charge >= 0.3 is 0 Å². The van der Waals surface area contributed by atoms with Crippen molar-refractivity contribution < 1.29 is 9.59 Å². The van der Waals surface area contributed by atoms with Crippen molar-refractivity contribution in [2.75, 3.05) is 19.6 Å². The van der Waals surface area contributed by atoms with E-state index in [0.29, 0.717) is 17.1 Å². The highest BCUT2D eigenvalue weighted by Gasteiger charge is 2.27. The van der Waals surface area contributed by atoms with Gasteiger partial charge < -0.3 is 15.5 Å². The third kappa shape index (κ3) is 4.87. The monoisotopic (exact) mass is 385 g/mol. The van der Waals surface area contributed by atoms with Gasteiger partial charge in [0.2, 0.25) is 5.91 Å². The summed E-state index contributed by atoms with van der Waals surface area (Å²) in [6, 6.07) is 16.2. The molecule has 1 unspecified atom stereocenters. The van der Waals surface area contributed by atoms with Crippen molar-refractivity contribution >= 4 is 23.4 Å². The smallest absolute Gasteiger partial charge is 0.253 e. The van der Waals surface area contributed by atoms with Crippen molar-refractivity contribution in [2.45, 2.75) is 25.4 Å². The number of nitrogens with zero attached hydrogens (tertiary/aromatic N) is 1. The van der Waals surface area contributed by atoms with Gasteiger partial charge in [0.1, 0.15) is 0 Å². The Morgan fingerprint density at radius 3 is 2.59 bits per heavy atom. The first kappa shape index (κ1) is 19.4. The second kappa shape index (κ2) is 9.02. The summed E-state index contributed by atoms with van der Waals surface area (Å²) in [5.74, 6) is -0.243. The highest BCUT2D eigenvalue weighted by molar-refractivity contribution is 6.33. The van der Waals surface area contributed by atoms with E-state index in [1.165, 1.54) is 0 Å². The third-order valence-corrected chi connectivity index (χ3v) is 5.16. The maximum Gasteiger partial charge on any atom is 0.253 e. The normalized spacial score (nSPS) is 18.0. The molecule has 6 heteroatoms. The van der Waals surface area contributed by atoms with Gasteiger partial charge in [0, 0.05) is 25.7 Å². The summed E-state index contributed by atoms with van der Waals surface area (Å²) in [6.07, 6.45) is 0.213. The second-order valence-electron chi connectivity index (χ2n) is 6.76. The fourth-order valence-electron chi connectivity index (χ4n) is 3.32. The van der Waals surface area contributed by atoms with Gasteiger partial charge in [0.25, 0.3) is 5.91 Å². The fourth-order valence-corrected chi connectivity index (χ4v) is 3.54. The Labute approximate surface area is 164 Å². The van der Waals surface area contributed by atoms with Crippen molar-refractivity contribution in [3.8, 4) is 0 Å². The lowest BCUT2D eigenvalue weighted by molar-refractivity contribution is -0.134. The molecule has 27 heavy (non-hydrogen) atoms. The van der Waals surface area contributed by atoms with Gasteiger partial charge in [-0.2, -0.15) is 0 Å². The predicted molar refractivity (Wildman–Crippen MR) is 107 cm³/mol. The van der Waals surface area contributed by atoms with E-state index < -0.39 is 6.04 Å². The van der Waals surface area contributed by atoms with Crippen molar-refractivity contribution in [3.63, 3.8) is 0 Å². The highest BCUT2D eigenvalue weighted by Crippen LogP contribution is 2.22. The highest BCUT2D eigenvalue weighted by atomic mass is 35.5. The maximum atomic E-state index is 12.9. The van der Waals surface area contributed by atoms with Crippen molar-refractivity contribution in [2.24, 2.45) is 0 Å². The van der Waals surface area contributed by atoms with Gasteiger partial charge in [-0.3, -0.25) is 9.59 Å². The molecule has 1 saturated heterocycles. The molecule has 0 radical (unpaired) electrons. The van der Waals surface area contributed by atoms with Crippen LogP contribution in [-0.2, 0) is 4.79 Å². The fraction of sp³-hybridized carbons (Fsp3) is 0.333. The van der Waals surface area contributed by atoms with Crippen LogP contribution in [0.5, 0.6) is 0 Å². The van der Waals surface area contributed by atoms with Crippen LogP contribution in [0.1, 0.15) is 35.3 Å². The van der Waals surface area contributed by atoms with Crippen LogP contribution >= 0.6 is 11.6 Å². The third-order valence-electron chi connectivity index (χ3n) is 4.83. The Morgan fingerprint density at radius 2 is 1.89 bits per heavy atom. The summed E-state index contributed by atoms with van der Waals surface area (Å²) in [5.41, 5.74) is 1.30. The van der Waals surface area contributed by atoms with Crippen molar-refractivity contribution in [3.05, 3.63) is 70.7 Å². The number of carbonyl (C=O) groups excluding carboxylic acids is 2. The average molecular weight is 386 g/mol. The molecule has 1 fully saturated rings. The van der Waals surface area contributed by atoms with Gasteiger partial charge in [0.15, 0.2) is 0 Å². The zero-order valence-corrected chi connectivity index (χ0v) is 16.1. The molecule has 1 heterocycles. The number of halogens is 1. The summed E-state index contributed by atoms with van der Waals surface area (Å²) in [4.78, 5) is 27.5. The largest absolute Gasteiger partial charge is 0.345 e. The number of nitrogens with one attached hydrogen (secondary N) is 2. The first-order chi connectivity index (χ1) is 13.1. The topological polar surface area (TPSA) is 61.4 Å². The van der Waals surface area contributed by atoms with E-state index in [1.54, 1.807) is 24.3 Å². The van der Waals surface area contributed by atoms with Crippen LogP contribution in [0.15, 0.2) is 54.6 Å². The van der Waals surface area contributed by atoms with Crippen LogP contribution in [0.4, 0.5) is 0 Å². The summed E-state index contributed by atoms with van der Waals surface area (Å²) < 4.78 is 0. The van der Waals surface area contributed by atoms with Gasteiger partial charge in [-0.15, -0.1) is 0 Å². The minimum Gasteiger partial charge on any atom is -0.345 e. The zero-order chi connectivity index (χ0) is 19.2. The minimum absolute atomic E-state index is 0.0392. The molecule has 142 valence electrons. The summed E-state index contributed by atoms with van der Waals surface area (Å²) in [6.45, 7) is 4.29. The van der Waals surface area contributed by atoms with Crippen LogP contribution in [0.3, 0.4) is 0 Å². The Balaban J connectivity index is 1.78. The number of hydrogen-bond acceptors (Lipinski definition) is 3. The SMILES string of the molecule is C[C@@H]1CNCCN1C(=O)CC(NC(=O)c1ccccc1Cl)c1ccccc1. The van der Waals surface area contributed by atoms with Crippen LogP contribution in [0.25, 0.3) is 0 Å². The lowest BCUT2D eigenvalue weighted by Gasteiger charge is -2.35. The summed E-state index contributed by atoms with van der Waals surface area (Å²) in [5, 5.41) is 6.67. The quantitative estimate of drug-likeness (QED) is 0.831. The molecule has 0 aliphatic carbocycles. The Kier molecular flexibility index (Phi) is 6.48. The standard InChI is InChI=1S/C21H24ClN3O2/c1-15-14-23-11-12-25(15)20(26)13-19(16-7-3-2-4-8-16)24-21(27)17-9-5-6-10-18(17)22/h2-10,15,19,23H,11-14H2,1H3,(H,24,27)/t15-,19?/m1/s1. The molecule has 0 aromatic heterocycles. The van der Waals surface area contributed by atoms with Crippen LogP contribution in [0.2, 0.25) is 5.02 Å². The Hall–Kier alpha value is -2.37. The van der Waals surface area contributed by atoms with E-state index in [4.69, 9.17) is 11.6 Å². The molecule has 0 spiro atoms. The molecular formula is C21H24ClN3O2. The van der Waals surface area contributed by atoms with Crippen LogP contribution < -0.4 is 10.6 Å². The van der Waals surface area contributed by atoms with Crippen molar-refractivity contribution in [1.29, 1.82) is 0 Å². The maximum absolute atomic E-state index is 12.9. The van der Waals surface area contributed by atoms with Crippen molar-refractivity contribution in [1.82, 2.24) is 15.5 Å². The van der Waals surface area contributed by atoms with E-state index in [0.717, 1.165) is 18.7 Å². The number of benzene rings is 2. The Bertz CT molecular complexity index is 797. The number of hydrogen-bond donors (Lipinski definition) is 2. The second-order valence-corrected chi connectivity index (χ2v) is 7.17. The first-order valence-corrected chi connectivity index (χ1v) is 9.54. The molecule has 0 saturated carbocycles. The van der Waals surface area contributed by atoms with Gasteiger partial charge in [-0.1, -0.05) is 54.1 Å². The molecule has 1 aliphatic rings. The molecule has 2 atom stereocenters. The first-order valence-electron chi connectivity index (χ1n) is 9.17. The summed E-state index contributed by atoms with van der Waals surface area (Å²) >= 11 is 6.15.